The van der Waals surface area contributed by atoms with Crippen LogP contribution in [-0.4, -0.2) is 18.5 Å². The lowest BCUT2D eigenvalue weighted by molar-refractivity contribution is -0.123. The molecule has 5 heteroatoms. The van der Waals surface area contributed by atoms with Crippen LogP contribution in [0.2, 0.25) is 5.02 Å². The highest BCUT2D eigenvalue weighted by Crippen LogP contribution is 2.26. The zero-order valence-electron chi connectivity index (χ0n) is 9.66. The second kappa shape index (κ2) is 4.37. The molecule has 1 unspecified atom stereocenters. The maximum Gasteiger partial charge on any atom is 0.328 e. The molecule has 1 N–H and O–H groups in total. The van der Waals surface area contributed by atoms with Crippen molar-refractivity contribution in [2.24, 2.45) is 5.92 Å². The van der Waals surface area contributed by atoms with E-state index in [-0.39, 0.29) is 11.8 Å². The highest BCUT2D eigenvalue weighted by Gasteiger charge is 2.30. The van der Waals surface area contributed by atoms with Crippen molar-refractivity contribution in [3.05, 3.63) is 28.8 Å². The largest absolute Gasteiger partial charge is 0.328 e. The minimum atomic E-state index is -0.390. The van der Waals surface area contributed by atoms with Crippen molar-refractivity contribution in [3.63, 3.8) is 0 Å². The molecular weight excluding hydrogens is 240 g/mol. The Morgan fingerprint density at radius 3 is 2.82 bits per heavy atom. The summed E-state index contributed by atoms with van der Waals surface area (Å²) in [6.45, 7) is 4.07. The quantitative estimate of drug-likeness (QED) is 0.834. The van der Waals surface area contributed by atoms with Crippen LogP contribution in [0.5, 0.6) is 0 Å². The predicted octanol–water partition coefficient (Wildman–Crippen LogP) is 2.34. The summed E-state index contributed by atoms with van der Waals surface area (Å²) in [7, 11) is 0. The molecule has 0 bridgehead atoms. The average Bonchev–Trinajstić information content (AvgIpc) is 2.27. The van der Waals surface area contributed by atoms with E-state index in [1.54, 1.807) is 24.0 Å². The molecule has 1 aliphatic heterocycles. The summed E-state index contributed by atoms with van der Waals surface area (Å²) in [5, 5.41) is 2.90. The summed E-state index contributed by atoms with van der Waals surface area (Å²) in [4.78, 5) is 24.7. The molecule has 3 amide bonds. The third kappa shape index (κ3) is 2.26. The number of hydrogen-bond donors (Lipinski definition) is 1. The molecule has 0 aliphatic carbocycles. The fourth-order valence-corrected chi connectivity index (χ4v) is 1.98. The molecule has 2 rings (SSSR count). The van der Waals surface area contributed by atoms with Crippen LogP contribution >= 0.6 is 11.6 Å². The van der Waals surface area contributed by atoms with Gasteiger partial charge in [0.05, 0.1) is 5.92 Å². The van der Waals surface area contributed by atoms with Gasteiger partial charge in [-0.15, -0.1) is 0 Å². The van der Waals surface area contributed by atoms with Gasteiger partial charge >= 0.3 is 6.03 Å². The normalized spacial score (nSPS) is 20.4. The van der Waals surface area contributed by atoms with Gasteiger partial charge in [0.2, 0.25) is 5.91 Å². The molecule has 0 spiro atoms. The van der Waals surface area contributed by atoms with Gasteiger partial charge in [-0.05, 0) is 24.6 Å². The van der Waals surface area contributed by atoms with Crippen LogP contribution in [-0.2, 0) is 4.79 Å². The lowest BCUT2D eigenvalue weighted by atomic mass is 10.1. The highest BCUT2D eigenvalue weighted by molar-refractivity contribution is 6.31. The van der Waals surface area contributed by atoms with Gasteiger partial charge in [0.1, 0.15) is 0 Å². The van der Waals surface area contributed by atoms with E-state index in [0.29, 0.717) is 11.6 Å². The first-order valence-corrected chi connectivity index (χ1v) is 5.75. The number of carbonyl (C=O) groups is 2. The van der Waals surface area contributed by atoms with Gasteiger partial charge in [-0.1, -0.05) is 24.6 Å². The molecule has 1 aromatic carbocycles. The number of anilines is 1. The number of imide groups is 1. The molecule has 0 radical (unpaired) electrons. The molecule has 1 atom stereocenters. The van der Waals surface area contributed by atoms with Crippen LogP contribution in [0, 0.1) is 12.8 Å². The lowest BCUT2D eigenvalue weighted by Crippen LogP contribution is -2.54. The first-order chi connectivity index (χ1) is 7.99. The number of rotatable bonds is 1. The maximum atomic E-state index is 11.8. The van der Waals surface area contributed by atoms with Crippen LogP contribution < -0.4 is 10.2 Å². The molecule has 0 saturated carbocycles. The minimum absolute atomic E-state index is 0.217. The van der Waals surface area contributed by atoms with Crippen LogP contribution in [0.15, 0.2) is 18.2 Å². The van der Waals surface area contributed by atoms with Crippen LogP contribution in [0.25, 0.3) is 0 Å². The standard InChI is InChI=1S/C12H13ClN2O2/c1-7-3-4-9(13)5-10(7)15-6-8(2)11(16)14-12(15)17/h3-5,8H,6H2,1-2H3,(H,14,16,17). The zero-order chi connectivity index (χ0) is 12.6. The van der Waals surface area contributed by atoms with Crippen molar-refractivity contribution in [2.45, 2.75) is 13.8 Å². The number of urea groups is 1. The molecule has 1 heterocycles. The van der Waals surface area contributed by atoms with Crippen molar-refractivity contribution in [1.29, 1.82) is 0 Å². The van der Waals surface area contributed by atoms with E-state index < -0.39 is 6.03 Å². The molecular formula is C12H13ClN2O2. The second-order valence-corrected chi connectivity index (χ2v) is 4.67. The Bertz CT molecular complexity index is 487. The second-order valence-electron chi connectivity index (χ2n) is 4.24. The summed E-state index contributed by atoms with van der Waals surface area (Å²) in [5.41, 5.74) is 1.69. The maximum absolute atomic E-state index is 11.8. The van der Waals surface area contributed by atoms with E-state index in [4.69, 9.17) is 11.6 Å². The fraction of sp³-hybridized carbons (Fsp3) is 0.333. The summed E-state index contributed by atoms with van der Waals surface area (Å²) in [6.07, 6.45) is 0. The zero-order valence-corrected chi connectivity index (χ0v) is 10.4. The van der Waals surface area contributed by atoms with E-state index in [1.807, 2.05) is 13.0 Å². The van der Waals surface area contributed by atoms with E-state index in [9.17, 15) is 9.59 Å². The lowest BCUT2D eigenvalue weighted by Gasteiger charge is -2.31. The number of hydrogen-bond acceptors (Lipinski definition) is 2. The highest BCUT2D eigenvalue weighted by atomic mass is 35.5. The molecule has 1 aromatic rings. The smallest absolute Gasteiger partial charge is 0.293 e. The number of amides is 3. The molecule has 0 aromatic heterocycles. The van der Waals surface area contributed by atoms with Crippen molar-refractivity contribution in [1.82, 2.24) is 5.32 Å². The summed E-state index contributed by atoms with van der Waals surface area (Å²) >= 11 is 5.92. The van der Waals surface area contributed by atoms with Crippen molar-refractivity contribution in [2.75, 3.05) is 11.4 Å². The predicted molar refractivity (Wildman–Crippen MR) is 66.2 cm³/mol. The van der Waals surface area contributed by atoms with Gasteiger partial charge in [0.15, 0.2) is 0 Å². The Balaban J connectivity index is 2.36. The molecule has 90 valence electrons. The van der Waals surface area contributed by atoms with E-state index in [0.717, 1.165) is 11.3 Å². The van der Waals surface area contributed by atoms with Gasteiger partial charge in [0, 0.05) is 17.3 Å². The van der Waals surface area contributed by atoms with Gasteiger partial charge in [-0.2, -0.15) is 0 Å². The third-order valence-electron chi connectivity index (χ3n) is 2.84. The SMILES string of the molecule is Cc1ccc(Cl)cc1N1CC(C)C(=O)NC1=O. The molecule has 1 aliphatic rings. The molecule has 1 saturated heterocycles. The summed E-state index contributed by atoms with van der Waals surface area (Å²) < 4.78 is 0. The number of nitrogens with one attached hydrogen (secondary N) is 1. The Kier molecular flexibility index (Phi) is 3.07. The first-order valence-electron chi connectivity index (χ1n) is 5.37. The Labute approximate surface area is 105 Å². The van der Waals surface area contributed by atoms with Crippen molar-refractivity contribution >= 4 is 29.2 Å². The van der Waals surface area contributed by atoms with E-state index in [2.05, 4.69) is 5.32 Å². The van der Waals surface area contributed by atoms with E-state index >= 15 is 0 Å². The third-order valence-corrected chi connectivity index (χ3v) is 3.08. The Morgan fingerprint density at radius 1 is 1.41 bits per heavy atom. The van der Waals surface area contributed by atoms with Crippen molar-refractivity contribution < 1.29 is 9.59 Å². The monoisotopic (exact) mass is 252 g/mol. The summed E-state index contributed by atoms with van der Waals surface area (Å²) in [6, 6.07) is 4.97. The number of halogens is 1. The van der Waals surface area contributed by atoms with Gasteiger partial charge in [0.25, 0.3) is 0 Å². The fourth-order valence-electron chi connectivity index (χ4n) is 1.82. The topological polar surface area (TPSA) is 49.4 Å². The van der Waals surface area contributed by atoms with Gasteiger partial charge in [-0.3, -0.25) is 15.0 Å². The van der Waals surface area contributed by atoms with Crippen LogP contribution in [0.4, 0.5) is 10.5 Å². The van der Waals surface area contributed by atoms with Gasteiger partial charge < -0.3 is 0 Å². The molecule has 17 heavy (non-hydrogen) atoms. The number of nitrogens with zero attached hydrogens (tertiary/aromatic N) is 1. The average molecular weight is 253 g/mol. The van der Waals surface area contributed by atoms with Gasteiger partial charge in [-0.25, -0.2) is 4.79 Å². The van der Waals surface area contributed by atoms with Crippen LogP contribution in [0.1, 0.15) is 12.5 Å². The minimum Gasteiger partial charge on any atom is -0.293 e. The Hall–Kier alpha value is -1.55. The number of aryl methyl sites for hydroxylation is 1. The molecule has 4 nitrogen and oxygen atoms in total. The van der Waals surface area contributed by atoms with Crippen molar-refractivity contribution in [3.8, 4) is 0 Å². The number of carbonyl (C=O) groups excluding carboxylic acids is 2. The van der Waals surface area contributed by atoms with Crippen LogP contribution in [0.3, 0.4) is 0 Å². The van der Waals surface area contributed by atoms with E-state index in [1.165, 1.54) is 0 Å². The Morgan fingerprint density at radius 2 is 2.12 bits per heavy atom. The first kappa shape index (κ1) is 11.9. The number of benzene rings is 1. The molecule has 1 fully saturated rings. The summed E-state index contributed by atoms with van der Waals surface area (Å²) in [5.74, 6) is -0.447.